The first-order chi connectivity index (χ1) is 13.7. The fourth-order valence-corrected chi connectivity index (χ4v) is 5.23. The van der Waals surface area contributed by atoms with E-state index in [1.807, 2.05) is 24.4 Å². The highest BCUT2D eigenvalue weighted by molar-refractivity contribution is 7.11. The van der Waals surface area contributed by atoms with Crippen molar-refractivity contribution in [2.45, 2.75) is 51.6 Å². The fourth-order valence-electron chi connectivity index (χ4n) is 4.40. The van der Waals surface area contributed by atoms with Gasteiger partial charge in [0.05, 0.1) is 5.01 Å². The molecule has 28 heavy (non-hydrogen) atoms. The highest BCUT2D eigenvalue weighted by atomic mass is 32.1. The molecule has 1 fully saturated rings. The standard InChI is InChI=1S/C22H29N3O2S/c1-16-23-12-19(28-16)14-25-11-10-20-18(13-25)8-3-2-6-17-7-4-5-9-21(17)27-15-22(26)24-20/h4-5,7,9,12,18,20H,2-3,6,8,10-11,13-15H2,1H3,(H,24,26)/t18-,20+/m0/s1. The third kappa shape index (κ3) is 4.92. The molecule has 2 aliphatic heterocycles. The molecule has 1 amide bonds. The van der Waals surface area contributed by atoms with Crippen molar-refractivity contribution in [1.29, 1.82) is 0 Å². The lowest BCUT2D eigenvalue weighted by molar-refractivity contribution is -0.124. The molecule has 0 spiro atoms. The summed E-state index contributed by atoms with van der Waals surface area (Å²) in [6.45, 7) is 5.19. The zero-order valence-electron chi connectivity index (χ0n) is 16.5. The van der Waals surface area contributed by atoms with E-state index in [-0.39, 0.29) is 18.6 Å². The normalized spacial score (nSPS) is 24.1. The molecule has 4 rings (SSSR count). The first-order valence-electron chi connectivity index (χ1n) is 10.3. The molecule has 150 valence electrons. The minimum absolute atomic E-state index is 0.00286. The largest absolute Gasteiger partial charge is 0.483 e. The van der Waals surface area contributed by atoms with Crippen LogP contribution in [0.15, 0.2) is 30.5 Å². The zero-order valence-corrected chi connectivity index (χ0v) is 17.3. The maximum Gasteiger partial charge on any atom is 0.258 e. The van der Waals surface area contributed by atoms with E-state index in [9.17, 15) is 4.79 Å². The molecule has 1 saturated heterocycles. The van der Waals surface area contributed by atoms with Crippen LogP contribution in [-0.2, 0) is 17.8 Å². The third-order valence-electron chi connectivity index (χ3n) is 5.82. The lowest BCUT2D eigenvalue weighted by Gasteiger charge is -2.39. The Balaban J connectivity index is 1.41. The summed E-state index contributed by atoms with van der Waals surface area (Å²) in [6, 6.07) is 8.35. The van der Waals surface area contributed by atoms with Gasteiger partial charge in [0, 0.05) is 36.8 Å². The van der Waals surface area contributed by atoms with Gasteiger partial charge in [-0.25, -0.2) is 4.98 Å². The molecule has 0 unspecified atom stereocenters. The first kappa shape index (κ1) is 19.4. The molecule has 2 atom stereocenters. The number of piperidine rings is 1. The van der Waals surface area contributed by atoms with Gasteiger partial charge in [-0.1, -0.05) is 24.6 Å². The molecule has 2 aliphatic rings. The molecular formula is C22H29N3O2S. The number of fused-ring (bicyclic) bond motifs is 2. The van der Waals surface area contributed by atoms with E-state index in [0.717, 1.165) is 56.1 Å². The van der Waals surface area contributed by atoms with Crippen LogP contribution in [0.1, 0.15) is 41.1 Å². The van der Waals surface area contributed by atoms with Crippen molar-refractivity contribution in [3.63, 3.8) is 0 Å². The number of rotatable bonds is 2. The number of nitrogens with zero attached hydrogens (tertiary/aromatic N) is 2. The predicted octanol–water partition coefficient (Wildman–Crippen LogP) is 3.56. The Bertz CT molecular complexity index is 807. The van der Waals surface area contributed by atoms with Crippen molar-refractivity contribution in [2.24, 2.45) is 5.92 Å². The average Bonchev–Trinajstić information content (AvgIpc) is 3.10. The number of thiazole rings is 1. The maximum atomic E-state index is 12.5. The van der Waals surface area contributed by atoms with Gasteiger partial charge in [0.1, 0.15) is 5.75 Å². The highest BCUT2D eigenvalue weighted by Crippen LogP contribution is 2.27. The molecule has 6 heteroatoms. The van der Waals surface area contributed by atoms with Crippen LogP contribution in [0, 0.1) is 12.8 Å². The zero-order chi connectivity index (χ0) is 19.3. The van der Waals surface area contributed by atoms with Gasteiger partial charge in [-0.2, -0.15) is 0 Å². The van der Waals surface area contributed by atoms with Crippen LogP contribution in [0.2, 0.25) is 0 Å². The van der Waals surface area contributed by atoms with Gasteiger partial charge in [-0.3, -0.25) is 9.69 Å². The number of aromatic nitrogens is 1. The number of carbonyl (C=O) groups excluding carboxylic acids is 1. The van der Waals surface area contributed by atoms with Crippen LogP contribution >= 0.6 is 11.3 Å². The van der Waals surface area contributed by atoms with Crippen molar-refractivity contribution in [1.82, 2.24) is 15.2 Å². The van der Waals surface area contributed by atoms with E-state index in [2.05, 4.69) is 28.2 Å². The van der Waals surface area contributed by atoms with Crippen molar-refractivity contribution in [2.75, 3.05) is 19.7 Å². The van der Waals surface area contributed by atoms with E-state index in [1.165, 1.54) is 16.9 Å². The molecule has 1 aromatic heterocycles. The second kappa shape index (κ2) is 9.05. The number of likely N-dealkylation sites (tertiary alicyclic amines) is 1. The highest BCUT2D eigenvalue weighted by Gasteiger charge is 2.30. The first-order valence-corrected chi connectivity index (χ1v) is 11.1. The Morgan fingerprint density at radius 3 is 3.04 bits per heavy atom. The van der Waals surface area contributed by atoms with Crippen LogP contribution in [0.4, 0.5) is 0 Å². The Kier molecular flexibility index (Phi) is 6.27. The molecule has 0 aliphatic carbocycles. The van der Waals surface area contributed by atoms with Crippen molar-refractivity contribution >= 4 is 17.2 Å². The monoisotopic (exact) mass is 399 g/mol. The smallest absolute Gasteiger partial charge is 0.258 e. The molecule has 0 saturated carbocycles. The molecule has 5 nitrogen and oxygen atoms in total. The SMILES string of the molecule is Cc1ncc(CN2CC[C@H]3NC(=O)COc4ccccc4CCCC[C@H]3C2)s1. The summed E-state index contributed by atoms with van der Waals surface area (Å²) in [4.78, 5) is 20.7. The minimum Gasteiger partial charge on any atom is -0.483 e. The second-order valence-electron chi connectivity index (χ2n) is 7.95. The summed E-state index contributed by atoms with van der Waals surface area (Å²) < 4.78 is 5.83. The molecule has 0 radical (unpaired) electrons. The topological polar surface area (TPSA) is 54.5 Å². The second-order valence-corrected chi connectivity index (χ2v) is 9.26. The number of ether oxygens (including phenoxy) is 1. The van der Waals surface area contributed by atoms with Gasteiger partial charge in [0.15, 0.2) is 6.61 Å². The Labute approximate surface area is 171 Å². The molecular weight excluding hydrogens is 370 g/mol. The molecule has 0 bridgehead atoms. The summed E-state index contributed by atoms with van der Waals surface area (Å²) >= 11 is 1.78. The van der Waals surface area contributed by atoms with E-state index in [1.54, 1.807) is 11.3 Å². The van der Waals surface area contributed by atoms with E-state index in [0.29, 0.717) is 5.92 Å². The predicted molar refractivity (Wildman–Crippen MR) is 112 cm³/mol. The summed E-state index contributed by atoms with van der Waals surface area (Å²) in [7, 11) is 0. The molecule has 1 aromatic carbocycles. The Morgan fingerprint density at radius 2 is 2.18 bits per heavy atom. The van der Waals surface area contributed by atoms with Gasteiger partial charge in [-0.15, -0.1) is 11.3 Å². The summed E-state index contributed by atoms with van der Waals surface area (Å²) in [5.74, 6) is 1.35. The average molecular weight is 400 g/mol. The Hall–Kier alpha value is -1.92. The lowest BCUT2D eigenvalue weighted by atomic mass is 9.87. The van der Waals surface area contributed by atoms with Gasteiger partial charge in [0.2, 0.25) is 0 Å². The number of hydrogen-bond acceptors (Lipinski definition) is 5. The summed E-state index contributed by atoms with van der Waals surface area (Å²) in [5, 5.41) is 4.38. The number of hydrogen-bond donors (Lipinski definition) is 1. The van der Waals surface area contributed by atoms with Gasteiger partial charge in [0.25, 0.3) is 5.91 Å². The van der Waals surface area contributed by atoms with Crippen molar-refractivity contribution in [3.8, 4) is 5.75 Å². The number of benzene rings is 1. The Morgan fingerprint density at radius 1 is 1.29 bits per heavy atom. The molecule has 3 heterocycles. The number of amides is 1. The number of para-hydroxylation sites is 1. The van der Waals surface area contributed by atoms with Gasteiger partial charge in [-0.05, 0) is 50.2 Å². The van der Waals surface area contributed by atoms with Gasteiger partial charge < -0.3 is 10.1 Å². The van der Waals surface area contributed by atoms with Gasteiger partial charge >= 0.3 is 0 Å². The van der Waals surface area contributed by atoms with Crippen LogP contribution < -0.4 is 10.1 Å². The van der Waals surface area contributed by atoms with Crippen molar-refractivity contribution in [3.05, 3.63) is 45.9 Å². The number of nitrogens with one attached hydrogen (secondary N) is 1. The van der Waals surface area contributed by atoms with Crippen LogP contribution in [-0.4, -0.2) is 41.5 Å². The van der Waals surface area contributed by atoms with Crippen LogP contribution in [0.25, 0.3) is 0 Å². The number of aryl methyl sites for hydroxylation is 2. The maximum absolute atomic E-state index is 12.5. The third-order valence-corrected chi connectivity index (χ3v) is 6.71. The minimum atomic E-state index is -0.00286. The van der Waals surface area contributed by atoms with Crippen LogP contribution in [0.5, 0.6) is 5.75 Å². The molecule has 1 N–H and O–H groups in total. The summed E-state index contributed by atoms with van der Waals surface area (Å²) in [5.41, 5.74) is 1.21. The van der Waals surface area contributed by atoms with E-state index < -0.39 is 0 Å². The lowest BCUT2D eigenvalue weighted by Crippen LogP contribution is -2.51. The van der Waals surface area contributed by atoms with Crippen LogP contribution in [0.3, 0.4) is 0 Å². The van der Waals surface area contributed by atoms with E-state index >= 15 is 0 Å². The van der Waals surface area contributed by atoms with Crippen molar-refractivity contribution < 1.29 is 9.53 Å². The molecule has 2 aromatic rings. The quantitative estimate of drug-likeness (QED) is 0.839. The number of carbonyl (C=O) groups is 1. The fraction of sp³-hybridized carbons (Fsp3) is 0.545. The summed E-state index contributed by atoms with van der Waals surface area (Å²) in [6.07, 6.45) is 7.52. The van der Waals surface area contributed by atoms with E-state index in [4.69, 9.17) is 4.74 Å².